The molecular weight excluding hydrogens is 425 g/mol. The zero-order valence-electron chi connectivity index (χ0n) is 16.3. The van der Waals surface area contributed by atoms with E-state index in [9.17, 15) is 28.0 Å². The summed E-state index contributed by atoms with van der Waals surface area (Å²) in [7, 11) is 0. The number of carbonyl (C=O) groups excluding carboxylic acids is 2. The summed E-state index contributed by atoms with van der Waals surface area (Å²) in [5.41, 5.74) is 0.00524. The Morgan fingerprint density at radius 3 is 2.59 bits per heavy atom. The largest absolute Gasteiger partial charge is 0.452 e. The molecule has 7 nitrogen and oxygen atoms in total. The molecule has 0 unspecified atom stereocenters. The van der Waals surface area contributed by atoms with Gasteiger partial charge in [-0.1, -0.05) is 30.3 Å². The summed E-state index contributed by atoms with van der Waals surface area (Å²) >= 11 is 0. The number of nitrogens with one attached hydrogen (secondary N) is 1. The molecule has 2 aromatic carbocycles. The number of anilines is 1. The molecule has 0 saturated carbocycles. The summed E-state index contributed by atoms with van der Waals surface area (Å²) in [4.78, 5) is 24.0. The van der Waals surface area contributed by atoms with Crippen molar-refractivity contribution in [2.45, 2.75) is 6.18 Å². The second kappa shape index (κ2) is 9.61. The van der Waals surface area contributed by atoms with E-state index in [2.05, 4.69) is 10.4 Å². The molecule has 3 rings (SSSR count). The number of para-hydroxylation sites is 1. The van der Waals surface area contributed by atoms with Gasteiger partial charge in [0.1, 0.15) is 11.6 Å². The summed E-state index contributed by atoms with van der Waals surface area (Å²) < 4.78 is 44.4. The average Bonchev–Trinajstić information content (AvgIpc) is 3.19. The van der Waals surface area contributed by atoms with Gasteiger partial charge in [-0.05, 0) is 35.9 Å². The molecule has 0 spiro atoms. The van der Waals surface area contributed by atoms with Crippen molar-refractivity contribution >= 4 is 23.8 Å². The number of aromatic nitrogens is 2. The number of halogens is 3. The third-order valence-corrected chi connectivity index (χ3v) is 4.12. The van der Waals surface area contributed by atoms with Crippen LogP contribution in [0, 0.1) is 11.3 Å². The Bertz CT molecular complexity index is 1200. The highest BCUT2D eigenvalue weighted by Gasteiger charge is 2.30. The van der Waals surface area contributed by atoms with Gasteiger partial charge >= 0.3 is 12.1 Å². The van der Waals surface area contributed by atoms with Gasteiger partial charge in [0.15, 0.2) is 12.4 Å². The number of hydrogen-bond acceptors (Lipinski definition) is 5. The highest BCUT2D eigenvalue weighted by molar-refractivity contribution is 5.95. The first-order valence-corrected chi connectivity index (χ1v) is 9.13. The minimum atomic E-state index is -4.50. The molecule has 3 aromatic rings. The number of esters is 1. The maximum absolute atomic E-state index is 12.7. The maximum atomic E-state index is 12.7. The summed E-state index contributed by atoms with van der Waals surface area (Å²) in [5, 5.41) is 15.8. The number of nitrogens with zero attached hydrogens (tertiary/aromatic N) is 3. The van der Waals surface area contributed by atoms with Gasteiger partial charge in [0.25, 0.3) is 5.91 Å². The third kappa shape index (κ3) is 5.60. The predicted octanol–water partition coefficient (Wildman–Crippen LogP) is 3.96. The number of alkyl halides is 3. The molecular formula is C22H15F3N4O3. The highest BCUT2D eigenvalue weighted by atomic mass is 19.4. The fraction of sp³-hybridized carbons (Fsp3) is 0.0909. The van der Waals surface area contributed by atoms with Crippen LogP contribution in [0.25, 0.3) is 11.8 Å². The predicted molar refractivity (Wildman–Crippen MR) is 108 cm³/mol. The van der Waals surface area contributed by atoms with Crippen molar-refractivity contribution < 1.29 is 27.5 Å². The lowest BCUT2D eigenvalue weighted by Gasteiger charge is -2.09. The first kappa shape index (κ1) is 22.3. The average molecular weight is 440 g/mol. The van der Waals surface area contributed by atoms with Crippen molar-refractivity contribution in [1.82, 2.24) is 9.78 Å². The molecule has 0 bridgehead atoms. The van der Waals surface area contributed by atoms with Gasteiger partial charge in [0.2, 0.25) is 0 Å². The topological polar surface area (TPSA) is 97.0 Å². The summed E-state index contributed by atoms with van der Waals surface area (Å²) in [6.45, 7) is -0.670. The summed E-state index contributed by atoms with van der Waals surface area (Å²) in [6, 6.07) is 15.1. The van der Waals surface area contributed by atoms with Gasteiger partial charge < -0.3 is 10.1 Å². The molecule has 0 radical (unpaired) electrons. The standard InChI is InChI=1S/C22H15F3N4O3/c23-22(24,25)17-6-4-5-15(11-17)9-10-20(31)32-14-19(30)28-21-16(12-26)13-27-29(21)18-7-2-1-3-8-18/h1-11,13H,14H2,(H,28,30)/b10-9+. The number of ether oxygens (including phenoxy) is 1. The van der Waals surface area contributed by atoms with E-state index in [-0.39, 0.29) is 16.9 Å². The minimum Gasteiger partial charge on any atom is -0.452 e. The Morgan fingerprint density at radius 1 is 1.16 bits per heavy atom. The Balaban J connectivity index is 1.61. The zero-order valence-corrected chi connectivity index (χ0v) is 16.3. The number of hydrogen-bond donors (Lipinski definition) is 1. The van der Waals surface area contributed by atoms with Crippen molar-refractivity contribution in [3.63, 3.8) is 0 Å². The van der Waals surface area contributed by atoms with Gasteiger partial charge in [-0.25, -0.2) is 9.48 Å². The zero-order chi connectivity index (χ0) is 23.1. The van der Waals surface area contributed by atoms with Gasteiger partial charge in [0, 0.05) is 6.08 Å². The van der Waals surface area contributed by atoms with Crippen LogP contribution in [0.5, 0.6) is 0 Å². The van der Waals surface area contributed by atoms with E-state index in [1.54, 1.807) is 30.3 Å². The molecule has 1 aromatic heterocycles. The minimum absolute atomic E-state index is 0.109. The van der Waals surface area contributed by atoms with Gasteiger partial charge in [-0.3, -0.25) is 4.79 Å². The summed E-state index contributed by atoms with van der Waals surface area (Å²) in [5.74, 6) is -1.53. The molecule has 32 heavy (non-hydrogen) atoms. The van der Waals surface area contributed by atoms with Crippen LogP contribution in [0.1, 0.15) is 16.7 Å². The maximum Gasteiger partial charge on any atom is 0.416 e. The molecule has 1 N–H and O–H groups in total. The van der Waals surface area contributed by atoms with E-state index < -0.39 is 30.2 Å². The van der Waals surface area contributed by atoms with E-state index in [0.717, 1.165) is 24.3 Å². The van der Waals surface area contributed by atoms with Crippen LogP contribution < -0.4 is 5.32 Å². The van der Waals surface area contributed by atoms with Crippen molar-refractivity contribution in [3.05, 3.63) is 83.6 Å². The molecule has 1 heterocycles. The molecule has 162 valence electrons. The molecule has 0 atom stereocenters. The molecule has 0 saturated heterocycles. The fourth-order valence-electron chi connectivity index (χ4n) is 2.65. The van der Waals surface area contributed by atoms with Crippen LogP contribution in [0.2, 0.25) is 0 Å². The van der Waals surface area contributed by atoms with E-state index in [0.29, 0.717) is 5.69 Å². The van der Waals surface area contributed by atoms with Crippen LogP contribution in [0.3, 0.4) is 0 Å². The quantitative estimate of drug-likeness (QED) is 0.462. The molecule has 1 amide bonds. The number of amides is 1. The Labute approximate surface area is 180 Å². The van der Waals surface area contributed by atoms with E-state index in [1.807, 2.05) is 6.07 Å². The molecule has 0 aliphatic heterocycles. The lowest BCUT2D eigenvalue weighted by molar-refractivity contribution is -0.142. The van der Waals surface area contributed by atoms with Crippen molar-refractivity contribution in [2.24, 2.45) is 0 Å². The lowest BCUT2D eigenvalue weighted by Crippen LogP contribution is -2.22. The van der Waals surface area contributed by atoms with Crippen LogP contribution in [0.4, 0.5) is 19.0 Å². The van der Waals surface area contributed by atoms with Crippen LogP contribution in [0.15, 0.2) is 66.9 Å². The number of rotatable bonds is 6. The number of carbonyl (C=O) groups is 2. The van der Waals surface area contributed by atoms with Crippen LogP contribution in [-0.4, -0.2) is 28.3 Å². The summed E-state index contributed by atoms with van der Waals surface area (Å²) in [6.07, 6.45) is -1.16. The number of nitriles is 1. The van der Waals surface area contributed by atoms with E-state index >= 15 is 0 Å². The Kier molecular flexibility index (Phi) is 6.70. The molecule has 0 fully saturated rings. The first-order valence-electron chi connectivity index (χ1n) is 9.13. The van der Waals surface area contributed by atoms with E-state index in [4.69, 9.17) is 4.74 Å². The second-order valence-corrected chi connectivity index (χ2v) is 6.38. The fourth-order valence-corrected chi connectivity index (χ4v) is 2.65. The third-order valence-electron chi connectivity index (χ3n) is 4.12. The monoisotopic (exact) mass is 440 g/mol. The second-order valence-electron chi connectivity index (χ2n) is 6.38. The van der Waals surface area contributed by atoms with Crippen LogP contribution >= 0.6 is 0 Å². The number of benzene rings is 2. The van der Waals surface area contributed by atoms with E-state index in [1.165, 1.54) is 23.0 Å². The Morgan fingerprint density at radius 2 is 1.91 bits per heavy atom. The van der Waals surface area contributed by atoms with Gasteiger partial charge in [0.05, 0.1) is 17.4 Å². The smallest absolute Gasteiger partial charge is 0.416 e. The van der Waals surface area contributed by atoms with Gasteiger partial charge in [-0.2, -0.15) is 23.5 Å². The molecule has 0 aliphatic carbocycles. The SMILES string of the molecule is N#Cc1cnn(-c2ccccc2)c1NC(=O)COC(=O)/C=C/c1cccc(C(F)(F)F)c1. The normalized spacial score (nSPS) is 11.2. The molecule has 0 aliphatic rings. The van der Waals surface area contributed by atoms with Crippen LogP contribution in [-0.2, 0) is 20.5 Å². The van der Waals surface area contributed by atoms with Crippen molar-refractivity contribution in [2.75, 3.05) is 11.9 Å². The Hall–Kier alpha value is -4.39. The first-order chi connectivity index (χ1) is 15.3. The van der Waals surface area contributed by atoms with Crippen molar-refractivity contribution in [3.8, 4) is 11.8 Å². The van der Waals surface area contributed by atoms with Crippen molar-refractivity contribution in [1.29, 1.82) is 5.26 Å². The highest BCUT2D eigenvalue weighted by Crippen LogP contribution is 2.29. The lowest BCUT2D eigenvalue weighted by atomic mass is 10.1. The van der Waals surface area contributed by atoms with Gasteiger partial charge in [-0.15, -0.1) is 0 Å². The molecule has 10 heteroatoms.